The zero-order chi connectivity index (χ0) is 15.1. The summed E-state index contributed by atoms with van der Waals surface area (Å²) in [5.41, 5.74) is 2.91. The van der Waals surface area contributed by atoms with Crippen LogP contribution in [-0.4, -0.2) is 12.5 Å². The van der Waals surface area contributed by atoms with Crippen molar-refractivity contribution in [1.82, 2.24) is 0 Å². The Hall–Kier alpha value is -2.55. The van der Waals surface area contributed by atoms with Crippen LogP contribution in [0.1, 0.15) is 18.1 Å². The minimum Gasteiger partial charge on any atom is -0.494 e. The third-order valence-electron chi connectivity index (χ3n) is 2.94. The van der Waals surface area contributed by atoms with E-state index in [2.05, 4.69) is 5.32 Å². The topological polar surface area (TPSA) is 38.3 Å². The van der Waals surface area contributed by atoms with Crippen molar-refractivity contribution in [1.29, 1.82) is 0 Å². The van der Waals surface area contributed by atoms with Gasteiger partial charge in [-0.25, -0.2) is 0 Å². The van der Waals surface area contributed by atoms with Crippen LogP contribution < -0.4 is 10.1 Å². The maximum Gasteiger partial charge on any atom is 0.248 e. The van der Waals surface area contributed by atoms with Crippen LogP contribution in [0.4, 0.5) is 5.69 Å². The number of carbonyl (C=O) groups excluding carboxylic acids is 1. The summed E-state index contributed by atoms with van der Waals surface area (Å²) in [6.45, 7) is 4.61. The first-order valence-corrected chi connectivity index (χ1v) is 6.96. The summed E-state index contributed by atoms with van der Waals surface area (Å²) in [4.78, 5) is 11.8. The van der Waals surface area contributed by atoms with E-state index in [9.17, 15) is 4.79 Å². The number of hydrogen-bond donors (Lipinski definition) is 1. The summed E-state index contributed by atoms with van der Waals surface area (Å²) in [6.07, 6.45) is 3.30. The zero-order valence-electron chi connectivity index (χ0n) is 12.3. The first kappa shape index (κ1) is 14.9. The van der Waals surface area contributed by atoms with Gasteiger partial charge in [-0.3, -0.25) is 4.79 Å². The highest BCUT2D eigenvalue weighted by atomic mass is 16.5. The Balaban J connectivity index is 1.93. The molecule has 2 aromatic carbocycles. The Bertz CT molecular complexity index is 613. The second-order valence-corrected chi connectivity index (χ2v) is 4.69. The zero-order valence-corrected chi connectivity index (χ0v) is 12.3. The average Bonchev–Trinajstić information content (AvgIpc) is 2.49. The van der Waals surface area contributed by atoms with Gasteiger partial charge in [-0.2, -0.15) is 0 Å². The van der Waals surface area contributed by atoms with Gasteiger partial charge in [0.2, 0.25) is 5.91 Å². The molecule has 21 heavy (non-hydrogen) atoms. The van der Waals surface area contributed by atoms with E-state index in [-0.39, 0.29) is 5.91 Å². The first-order chi connectivity index (χ1) is 10.2. The molecule has 1 amide bonds. The minimum absolute atomic E-state index is 0.146. The fraction of sp³-hybridized carbons (Fsp3) is 0.167. The second-order valence-electron chi connectivity index (χ2n) is 4.69. The molecular weight excluding hydrogens is 262 g/mol. The third-order valence-corrected chi connectivity index (χ3v) is 2.94. The summed E-state index contributed by atoms with van der Waals surface area (Å²) in [7, 11) is 0. The molecule has 0 saturated heterocycles. The van der Waals surface area contributed by atoms with Gasteiger partial charge in [0.1, 0.15) is 5.75 Å². The molecule has 0 fully saturated rings. The summed E-state index contributed by atoms with van der Waals surface area (Å²) >= 11 is 0. The quantitative estimate of drug-likeness (QED) is 0.840. The predicted octanol–water partition coefficient (Wildman–Crippen LogP) is 4.05. The van der Waals surface area contributed by atoms with Crippen molar-refractivity contribution in [2.24, 2.45) is 0 Å². The molecule has 0 spiro atoms. The molecule has 0 aliphatic rings. The molecule has 108 valence electrons. The van der Waals surface area contributed by atoms with E-state index in [0.717, 1.165) is 22.6 Å². The van der Waals surface area contributed by atoms with Crippen molar-refractivity contribution >= 4 is 17.7 Å². The number of anilines is 1. The number of nitrogens with one attached hydrogen (secondary N) is 1. The van der Waals surface area contributed by atoms with Crippen LogP contribution in [0.2, 0.25) is 0 Å². The van der Waals surface area contributed by atoms with Crippen molar-refractivity contribution in [2.75, 3.05) is 11.9 Å². The second kappa shape index (κ2) is 7.29. The van der Waals surface area contributed by atoms with Crippen LogP contribution in [0.15, 0.2) is 54.6 Å². The van der Waals surface area contributed by atoms with E-state index in [4.69, 9.17) is 4.74 Å². The van der Waals surface area contributed by atoms with Gasteiger partial charge in [-0.1, -0.05) is 29.8 Å². The molecule has 3 heteroatoms. The lowest BCUT2D eigenvalue weighted by Gasteiger charge is -2.03. The Morgan fingerprint density at radius 1 is 1.10 bits per heavy atom. The van der Waals surface area contributed by atoms with Gasteiger partial charge in [-0.15, -0.1) is 0 Å². The molecule has 2 rings (SSSR count). The molecule has 1 N–H and O–H groups in total. The predicted molar refractivity (Wildman–Crippen MR) is 86.5 cm³/mol. The molecule has 2 aromatic rings. The SMILES string of the molecule is CCOc1ccc(C=CC(=O)Nc2ccc(C)cc2)cc1. The van der Waals surface area contributed by atoms with E-state index in [1.165, 1.54) is 6.08 Å². The highest BCUT2D eigenvalue weighted by Crippen LogP contribution is 2.13. The standard InChI is InChI=1S/C18H19NO2/c1-3-21-17-11-6-15(7-12-17)8-13-18(20)19-16-9-4-14(2)5-10-16/h4-13H,3H2,1-2H3,(H,19,20). The molecule has 0 aromatic heterocycles. The fourth-order valence-corrected chi connectivity index (χ4v) is 1.83. The molecule has 0 unspecified atom stereocenters. The highest BCUT2D eigenvalue weighted by molar-refractivity contribution is 6.01. The number of carbonyl (C=O) groups is 1. The number of benzene rings is 2. The van der Waals surface area contributed by atoms with Gasteiger partial charge in [-0.05, 0) is 49.8 Å². The van der Waals surface area contributed by atoms with Crippen molar-refractivity contribution in [3.05, 3.63) is 65.7 Å². The van der Waals surface area contributed by atoms with Gasteiger partial charge >= 0.3 is 0 Å². The fourth-order valence-electron chi connectivity index (χ4n) is 1.83. The molecule has 0 aliphatic carbocycles. The number of aryl methyl sites for hydroxylation is 1. The molecule has 0 atom stereocenters. The number of amides is 1. The van der Waals surface area contributed by atoms with Crippen molar-refractivity contribution in [2.45, 2.75) is 13.8 Å². The lowest BCUT2D eigenvalue weighted by atomic mass is 10.2. The lowest BCUT2D eigenvalue weighted by Crippen LogP contribution is -2.07. The lowest BCUT2D eigenvalue weighted by molar-refractivity contribution is -0.111. The Labute approximate surface area is 125 Å². The Morgan fingerprint density at radius 3 is 2.38 bits per heavy atom. The average molecular weight is 281 g/mol. The maximum atomic E-state index is 11.8. The van der Waals surface area contributed by atoms with Gasteiger partial charge in [0.05, 0.1) is 6.61 Å². The van der Waals surface area contributed by atoms with Crippen LogP contribution in [0.3, 0.4) is 0 Å². The number of rotatable bonds is 5. The summed E-state index contributed by atoms with van der Waals surface area (Å²) in [6, 6.07) is 15.3. The molecule has 0 aliphatic heterocycles. The Morgan fingerprint density at radius 2 is 1.76 bits per heavy atom. The third kappa shape index (κ3) is 4.80. The van der Waals surface area contributed by atoms with Gasteiger partial charge in [0.15, 0.2) is 0 Å². The highest BCUT2D eigenvalue weighted by Gasteiger charge is 1.97. The van der Waals surface area contributed by atoms with Crippen molar-refractivity contribution in [3.63, 3.8) is 0 Å². The summed E-state index contributed by atoms with van der Waals surface area (Å²) in [5, 5.41) is 2.82. The van der Waals surface area contributed by atoms with Gasteiger partial charge in [0, 0.05) is 11.8 Å². The van der Waals surface area contributed by atoms with E-state index < -0.39 is 0 Å². The molecule has 3 nitrogen and oxygen atoms in total. The molecule has 0 radical (unpaired) electrons. The van der Waals surface area contributed by atoms with E-state index in [1.54, 1.807) is 6.08 Å². The summed E-state index contributed by atoms with van der Waals surface area (Å²) < 4.78 is 5.37. The van der Waals surface area contributed by atoms with Crippen LogP contribution in [0, 0.1) is 6.92 Å². The Kier molecular flexibility index (Phi) is 5.16. The van der Waals surface area contributed by atoms with Gasteiger partial charge < -0.3 is 10.1 Å². The maximum absolute atomic E-state index is 11.8. The van der Waals surface area contributed by atoms with Crippen LogP contribution in [-0.2, 0) is 4.79 Å². The first-order valence-electron chi connectivity index (χ1n) is 6.96. The van der Waals surface area contributed by atoms with E-state index in [1.807, 2.05) is 62.4 Å². The smallest absolute Gasteiger partial charge is 0.248 e. The van der Waals surface area contributed by atoms with E-state index >= 15 is 0 Å². The van der Waals surface area contributed by atoms with Crippen LogP contribution in [0.5, 0.6) is 5.75 Å². The molecule has 0 heterocycles. The monoisotopic (exact) mass is 281 g/mol. The van der Waals surface area contributed by atoms with Crippen LogP contribution >= 0.6 is 0 Å². The number of ether oxygens (including phenoxy) is 1. The molecule has 0 saturated carbocycles. The van der Waals surface area contributed by atoms with Gasteiger partial charge in [0.25, 0.3) is 0 Å². The molecular formula is C18H19NO2. The van der Waals surface area contributed by atoms with E-state index in [0.29, 0.717) is 6.61 Å². The number of hydrogen-bond acceptors (Lipinski definition) is 2. The van der Waals surface area contributed by atoms with Crippen molar-refractivity contribution < 1.29 is 9.53 Å². The summed E-state index contributed by atoms with van der Waals surface area (Å²) in [5.74, 6) is 0.687. The largest absolute Gasteiger partial charge is 0.494 e. The normalized spacial score (nSPS) is 10.6. The minimum atomic E-state index is -0.146. The van der Waals surface area contributed by atoms with Crippen molar-refractivity contribution in [3.8, 4) is 5.75 Å². The molecule has 0 bridgehead atoms. The van der Waals surface area contributed by atoms with Crippen LogP contribution in [0.25, 0.3) is 6.08 Å².